The van der Waals surface area contributed by atoms with Crippen LogP contribution in [0.4, 0.5) is 0 Å². The summed E-state index contributed by atoms with van der Waals surface area (Å²) in [5, 5.41) is 0.693. The summed E-state index contributed by atoms with van der Waals surface area (Å²) in [4.78, 5) is 0. The minimum atomic E-state index is 0. The van der Waals surface area contributed by atoms with Gasteiger partial charge in [0.15, 0.2) is 0 Å². The van der Waals surface area contributed by atoms with Crippen LogP contribution < -0.4 is 24.8 Å². The molecular weight excluding hydrogens is 271 g/mol. The van der Waals surface area contributed by atoms with E-state index in [-0.39, 0.29) is 46.5 Å². The number of hydrogen-bond donors (Lipinski definition) is 0. The van der Waals surface area contributed by atoms with E-state index >= 15 is 0 Å². The molecule has 0 fully saturated rings. The maximum atomic E-state index is 3.38. The van der Waals surface area contributed by atoms with Crippen LogP contribution in [0.1, 0.15) is 26.7 Å². The molecular formula is C10H15Cl2STi. The first-order valence-corrected chi connectivity index (χ1v) is 5.32. The predicted molar refractivity (Wildman–Crippen MR) is 52.7 cm³/mol. The predicted octanol–water partition coefficient (Wildman–Crippen LogP) is -2.79. The molecule has 1 rings (SSSR count). The Morgan fingerprint density at radius 3 is 2.43 bits per heavy atom. The van der Waals surface area contributed by atoms with E-state index in [1.807, 2.05) is 11.8 Å². The molecule has 0 heterocycles. The van der Waals surface area contributed by atoms with Gasteiger partial charge in [0.1, 0.15) is 0 Å². The van der Waals surface area contributed by atoms with Gasteiger partial charge in [-0.25, -0.2) is 11.6 Å². The number of rotatable bonds is 4. The van der Waals surface area contributed by atoms with Crippen molar-refractivity contribution in [3.05, 3.63) is 23.8 Å². The van der Waals surface area contributed by atoms with Gasteiger partial charge in [-0.2, -0.15) is 17.8 Å². The molecule has 0 spiro atoms. The van der Waals surface area contributed by atoms with Crippen molar-refractivity contribution in [1.82, 2.24) is 0 Å². The average Bonchev–Trinajstić information content (AvgIpc) is 2.52. The summed E-state index contributed by atoms with van der Waals surface area (Å²) >= 11 is 2.02. The van der Waals surface area contributed by atoms with E-state index in [9.17, 15) is 0 Å². The SMILES string of the molecule is CCSC(CC)C1=[C-]CC=C1.[Cl-].[Cl-].[Ti+3]. The number of hydrogen-bond acceptors (Lipinski definition) is 1. The van der Waals surface area contributed by atoms with Crippen LogP contribution in [0, 0.1) is 6.08 Å². The first-order chi connectivity index (χ1) is 5.38. The van der Waals surface area contributed by atoms with E-state index in [2.05, 4.69) is 32.1 Å². The molecule has 0 saturated heterocycles. The van der Waals surface area contributed by atoms with Crippen LogP contribution >= 0.6 is 11.8 Å². The van der Waals surface area contributed by atoms with Gasteiger partial charge in [-0.15, -0.1) is 6.42 Å². The van der Waals surface area contributed by atoms with E-state index in [4.69, 9.17) is 0 Å². The molecule has 0 aromatic carbocycles. The summed E-state index contributed by atoms with van der Waals surface area (Å²) in [5.74, 6) is 1.21. The molecule has 0 amide bonds. The quantitative estimate of drug-likeness (QED) is 0.398. The fraction of sp³-hybridized carbons (Fsp3) is 0.600. The van der Waals surface area contributed by atoms with Gasteiger partial charge in [-0.05, 0) is 17.4 Å². The molecule has 0 N–H and O–H groups in total. The largest absolute Gasteiger partial charge is 3.00 e. The number of halogens is 2. The molecule has 1 unspecified atom stereocenters. The van der Waals surface area contributed by atoms with Crippen molar-refractivity contribution in [1.29, 1.82) is 0 Å². The zero-order valence-corrected chi connectivity index (χ0v) is 12.4. The molecule has 0 aromatic heterocycles. The molecule has 4 heteroatoms. The third-order valence-electron chi connectivity index (χ3n) is 1.81. The van der Waals surface area contributed by atoms with Crippen LogP contribution in [0.25, 0.3) is 0 Å². The Balaban J connectivity index is -0.000000403. The second kappa shape index (κ2) is 12.2. The van der Waals surface area contributed by atoms with Gasteiger partial charge >= 0.3 is 21.7 Å². The van der Waals surface area contributed by atoms with Crippen molar-refractivity contribution in [3.8, 4) is 0 Å². The van der Waals surface area contributed by atoms with Crippen LogP contribution in [-0.4, -0.2) is 11.0 Å². The van der Waals surface area contributed by atoms with E-state index in [1.165, 1.54) is 17.7 Å². The smallest absolute Gasteiger partial charge is 1.00 e. The van der Waals surface area contributed by atoms with E-state index in [0.29, 0.717) is 5.25 Å². The molecule has 0 aliphatic heterocycles. The van der Waals surface area contributed by atoms with Crippen molar-refractivity contribution < 1.29 is 46.5 Å². The topological polar surface area (TPSA) is 0 Å². The fourth-order valence-corrected chi connectivity index (χ4v) is 2.25. The van der Waals surface area contributed by atoms with Crippen LogP contribution in [0.15, 0.2) is 17.7 Å². The molecule has 14 heavy (non-hydrogen) atoms. The normalized spacial score (nSPS) is 14.6. The van der Waals surface area contributed by atoms with E-state index < -0.39 is 0 Å². The second-order valence-electron chi connectivity index (χ2n) is 2.59. The van der Waals surface area contributed by atoms with Crippen molar-refractivity contribution in [2.24, 2.45) is 0 Å². The minimum Gasteiger partial charge on any atom is -1.00 e. The Kier molecular flexibility index (Phi) is 17.9. The van der Waals surface area contributed by atoms with Crippen molar-refractivity contribution in [2.75, 3.05) is 5.75 Å². The maximum absolute atomic E-state index is 3.38. The van der Waals surface area contributed by atoms with Gasteiger partial charge in [-0.3, -0.25) is 6.08 Å². The van der Waals surface area contributed by atoms with Gasteiger partial charge in [0, 0.05) is 0 Å². The Morgan fingerprint density at radius 1 is 1.43 bits per heavy atom. The van der Waals surface area contributed by atoms with Crippen LogP contribution in [0.5, 0.6) is 0 Å². The Hall–Kier alpha value is 1.12. The van der Waals surface area contributed by atoms with Gasteiger partial charge < -0.3 is 24.8 Å². The third-order valence-corrected chi connectivity index (χ3v) is 3.13. The van der Waals surface area contributed by atoms with Gasteiger partial charge in [0.2, 0.25) is 0 Å². The number of thioether (sulfide) groups is 1. The Bertz CT molecular complexity index is 181. The first kappa shape index (κ1) is 20.5. The summed E-state index contributed by atoms with van der Waals surface area (Å²) in [6, 6.07) is 0. The summed E-state index contributed by atoms with van der Waals surface area (Å²) in [6.07, 6.45) is 10.0. The van der Waals surface area contributed by atoms with Gasteiger partial charge in [0.05, 0.1) is 0 Å². The summed E-state index contributed by atoms with van der Waals surface area (Å²) in [5.41, 5.74) is 1.42. The van der Waals surface area contributed by atoms with Crippen molar-refractivity contribution >= 4 is 11.8 Å². The van der Waals surface area contributed by atoms with Crippen LogP contribution in [-0.2, 0) is 21.7 Å². The minimum absolute atomic E-state index is 0. The molecule has 1 aliphatic rings. The summed E-state index contributed by atoms with van der Waals surface area (Å²) in [6.45, 7) is 4.46. The fourth-order valence-electron chi connectivity index (χ4n) is 1.27. The Labute approximate surface area is 119 Å². The van der Waals surface area contributed by atoms with Crippen molar-refractivity contribution in [3.63, 3.8) is 0 Å². The van der Waals surface area contributed by atoms with E-state index in [1.54, 1.807) is 0 Å². The molecule has 0 bridgehead atoms. The monoisotopic (exact) mass is 285 g/mol. The first-order valence-electron chi connectivity index (χ1n) is 4.27. The molecule has 0 aromatic rings. The summed E-state index contributed by atoms with van der Waals surface area (Å²) < 4.78 is 0. The average molecular weight is 286 g/mol. The zero-order valence-electron chi connectivity index (χ0n) is 8.52. The molecule has 1 aliphatic carbocycles. The molecule has 1 atom stereocenters. The summed E-state index contributed by atoms with van der Waals surface area (Å²) in [7, 11) is 0. The zero-order chi connectivity index (χ0) is 8.10. The van der Waals surface area contributed by atoms with E-state index in [0.717, 1.165) is 6.42 Å². The van der Waals surface area contributed by atoms with Crippen LogP contribution in [0.3, 0.4) is 0 Å². The van der Waals surface area contributed by atoms with Gasteiger partial charge in [-0.1, -0.05) is 13.8 Å². The molecule has 0 nitrogen and oxygen atoms in total. The standard InChI is InChI=1S/C10H15S.2ClH.Ti/c1-3-10(11-4-2)9-7-5-6-8-9;;;/h5,7,10H,3-4,6H2,1-2H3;2*1H;/q-1;;;+3/p-2. The van der Waals surface area contributed by atoms with Gasteiger partial charge in [0.25, 0.3) is 0 Å². The van der Waals surface area contributed by atoms with Crippen LogP contribution in [0.2, 0.25) is 0 Å². The third kappa shape index (κ3) is 6.58. The molecule has 0 saturated carbocycles. The molecule has 1 radical (unpaired) electrons. The van der Waals surface area contributed by atoms with Crippen molar-refractivity contribution in [2.45, 2.75) is 31.9 Å². The maximum Gasteiger partial charge on any atom is 3.00 e. The number of allylic oxidation sites excluding steroid dienone is 3. The molecule has 79 valence electrons. The second-order valence-corrected chi connectivity index (χ2v) is 4.07. The Morgan fingerprint density at radius 2 is 2.07 bits per heavy atom.